The van der Waals surface area contributed by atoms with Crippen LogP contribution in [-0.2, 0) is 13.2 Å². The van der Waals surface area contributed by atoms with Gasteiger partial charge in [0.1, 0.15) is 19.0 Å². The second-order valence-corrected chi connectivity index (χ2v) is 4.48. The molecule has 0 radical (unpaired) electrons. The van der Waals surface area contributed by atoms with Crippen LogP contribution in [0.2, 0.25) is 0 Å². The standard InChI is InChI=1S/C16H18FNO2/c1-18-10-12-7-8-15(16(9-12)19-2)20-11-13-5-3-4-6-14(13)17/h3-9,18H,10-11H2,1-2H3/p+1. The maximum Gasteiger partial charge on any atom is 0.161 e. The highest BCUT2D eigenvalue weighted by molar-refractivity contribution is 5.42. The van der Waals surface area contributed by atoms with Crippen molar-refractivity contribution >= 4 is 0 Å². The van der Waals surface area contributed by atoms with Gasteiger partial charge in [-0.2, -0.15) is 0 Å². The van der Waals surface area contributed by atoms with Crippen molar-refractivity contribution in [1.29, 1.82) is 0 Å². The zero-order valence-corrected chi connectivity index (χ0v) is 11.7. The van der Waals surface area contributed by atoms with Crippen LogP contribution in [0.4, 0.5) is 4.39 Å². The zero-order valence-electron chi connectivity index (χ0n) is 11.7. The van der Waals surface area contributed by atoms with Gasteiger partial charge in [-0.25, -0.2) is 4.39 Å². The molecule has 2 aromatic carbocycles. The van der Waals surface area contributed by atoms with Crippen LogP contribution in [0, 0.1) is 5.82 Å². The first-order valence-corrected chi connectivity index (χ1v) is 6.55. The van der Waals surface area contributed by atoms with Crippen LogP contribution in [0.1, 0.15) is 11.1 Å². The van der Waals surface area contributed by atoms with Gasteiger partial charge in [-0.05, 0) is 24.3 Å². The number of rotatable bonds is 6. The lowest BCUT2D eigenvalue weighted by Crippen LogP contribution is -2.77. The minimum absolute atomic E-state index is 0.183. The Hall–Kier alpha value is -2.07. The summed E-state index contributed by atoms with van der Waals surface area (Å²) in [5.41, 5.74) is 1.68. The van der Waals surface area contributed by atoms with E-state index in [-0.39, 0.29) is 12.4 Å². The van der Waals surface area contributed by atoms with Gasteiger partial charge in [0.05, 0.1) is 14.2 Å². The number of ether oxygens (including phenoxy) is 2. The molecule has 0 aliphatic heterocycles. The lowest BCUT2D eigenvalue weighted by atomic mass is 10.2. The highest BCUT2D eigenvalue weighted by atomic mass is 19.1. The summed E-state index contributed by atoms with van der Waals surface area (Å²) in [7, 11) is 3.61. The molecule has 4 heteroatoms. The molecule has 0 unspecified atom stereocenters. The van der Waals surface area contributed by atoms with Crippen molar-refractivity contribution in [2.24, 2.45) is 0 Å². The van der Waals surface area contributed by atoms with Crippen molar-refractivity contribution in [3.63, 3.8) is 0 Å². The molecule has 0 amide bonds. The van der Waals surface area contributed by atoms with Crippen molar-refractivity contribution in [3.05, 3.63) is 59.4 Å². The first kappa shape index (κ1) is 14.3. The van der Waals surface area contributed by atoms with Gasteiger partial charge in [-0.15, -0.1) is 0 Å². The van der Waals surface area contributed by atoms with Crippen LogP contribution in [-0.4, -0.2) is 14.2 Å². The fourth-order valence-corrected chi connectivity index (χ4v) is 1.96. The molecular formula is C16H19FNO2+. The zero-order chi connectivity index (χ0) is 14.4. The molecule has 0 atom stereocenters. The fourth-order valence-electron chi connectivity index (χ4n) is 1.96. The van der Waals surface area contributed by atoms with Crippen LogP contribution in [0.25, 0.3) is 0 Å². The van der Waals surface area contributed by atoms with E-state index in [9.17, 15) is 4.39 Å². The number of halogens is 1. The number of nitrogens with two attached hydrogens (primary N) is 1. The summed E-state index contributed by atoms with van der Waals surface area (Å²) in [5.74, 6) is 1.03. The second kappa shape index (κ2) is 6.91. The largest absolute Gasteiger partial charge is 0.493 e. The number of hydrogen-bond acceptors (Lipinski definition) is 2. The maximum absolute atomic E-state index is 13.5. The molecular weight excluding hydrogens is 257 g/mol. The molecule has 20 heavy (non-hydrogen) atoms. The molecule has 0 aromatic heterocycles. The van der Waals surface area contributed by atoms with Gasteiger partial charge < -0.3 is 14.8 Å². The van der Waals surface area contributed by atoms with Crippen molar-refractivity contribution in [2.75, 3.05) is 14.2 Å². The molecule has 0 heterocycles. The molecule has 0 bridgehead atoms. The summed E-state index contributed by atoms with van der Waals surface area (Å²) >= 11 is 0. The average molecular weight is 276 g/mol. The van der Waals surface area contributed by atoms with Crippen molar-refractivity contribution in [2.45, 2.75) is 13.2 Å². The van der Waals surface area contributed by atoms with Crippen molar-refractivity contribution in [3.8, 4) is 11.5 Å². The van der Waals surface area contributed by atoms with Gasteiger partial charge in [0.25, 0.3) is 0 Å². The van der Waals surface area contributed by atoms with E-state index in [1.54, 1.807) is 25.3 Å². The summed E-state index contributed by atoms with van der Waals surface area (Å²) in [4.78, 5) is 0. The van der Waals surface area contributed by atoms with E-state index < -0.39 is 0 Å². The van der Waals surface area contributed by atoms with E-state index in [1.807, 2.05) is 25.2 Å². The molecule has 0 spiro atoms. The highest BCUT2D eigenvalue weighted by Gasteiger charge is 2.08. The smallest absolute Gasteiger partial charge is 0.161 e. The van der Waals surface area contributed by atoms with E-state index in [0.717, 1.165) is 12.1 Å². The third-order valence-corrected chi connectivity index (χ3v) is 3.01. The topological polar surface area (TPSA) is 35.1 Å². The predicted molar refractivity (Wildman–Crippen MR) is 75.3 cm³/mol. The molecule has 0 aliphatic carbocycles. The van der Waals surface area contributed by atoms with Gasteiger partial charge in [0.2, 0.25) is 0 Å². The average Bonchev–Trinajstić information content (AvgIpc) is 2.47. The van der Waals surface area contributed by atoms with Gasteiger partial charge in [0, 0.05) is 11.1 Å². The summed E-state index contributed by atoms with van der Waals surface area (Å²) in [5, 5.41) is 2.08. The molecule has 0 fully saturated rings. The third-order valence-electron chi connectivity index (χ3n) is 3.01. The van der Waals surface area contributed by atoms with Gasteiger partial charge in [-0.3, -0.25) is 0 Å². The Morgan fingerprint density at radius 2 is 1.90 bits per heavy atom. The molecule has 0 saturated carbocycles. The molecule has 3 nitrogen and oxygen atoms in total. The lowest BCUT2D eigenvalue weighted by molar-refractivity contribution is -0.643. The predicted octanol–water partition coefficient (Wildman–Crippen LogP) is 2.11. The van der Waals surface area contributed by atoms with Crippen LogP contribution in [0.3, 0.4) is 0 Å². The normalized spacial score (nSPS) is 10.3. The monoisotopic (exact) mass is 276 g/mol. The van der Waals surface area contributed by atoms with E-state index in [1.165, 1.54) is 6.07 Å². The SMILES string of the molecule is C[NH2+]Cc1ccc(OCc2ccccc2F)c(OC)c1. The second-order valence-electron chi connectivity index (χ2n) is 4.48. The Kier molecular flexibility index (Phi) is 4.96. The Morgan fingerprint density at radius 3 is 2.60 bits per heavy atom. The first-order chi connectivity index (χ1) is 9.74. The Labute approximate surface area is 118 Å². The summed E-state index contributed by atoms with van der Waals surface area (Å²) < 4.78 is 24.5. The number of quaternary nitrogens is 1. The van der Waals surface area contributed by atoms with E-state index >= 15 is 0 Å². The Morgan fingerprint density at radius 1 is 1.10 bits per heavy atom. The maximum atomic E-state index is 13.5. The van der Waals surface area contributed by atoms with Gasteiger partial charge in [0.15, 0.2) is 11.5 Å². The van der Waals surface area contributed by atoms with E-state index in [4.69, 9.17) is 9.47 Å². The Bertz CT molecular complexity index is 572. The van der Waals surface area contributed by atoms with Crippen LogP contribution < -0.4 is 14.8 Å². The number of benzene rings is 2. The van der Waals surface area contributed by atoms with E-state index in [0.29, 0.717) is 17.1 Å². The third kappa shape index (κ3) is 3.48. The van der Waals surface area contributed by atoms with Crippen molar-refractivity contribution in [1.82, 2.24) is 0 Å². The minimum atomic E-state index is -0.260. The highest BCUT2D eigenvalue weighted by Crippen LogP contribution is 2.28. The number of methoxy groups -OCH3 is 1. The van der Waals surface area contributed by atoms with Gasteiger partial charge >= 0.3 is 0 Å². The first-order valence-electron chi connectivity index (χ1n) is 6.55. The minimum Gasteiger partial charge on any atom is -0.493 e. The quantitative estimate of drug-likeness (QED) is 0.877. The molecule has 2 N–H and O–H groups in total. The molecule has 0 aliphatic rings. The molecule has 2 aromatic rings. The molecule has 106 valence electrons. The van der Waals surface area contributed by atoms with Gasteiger partial charge in [-0.1, -0.05) is 18.2 Å². The van der Waals surface area contributed by atoms with E-state index in [2.05, 4.69) is 5.32 Å². The number of hydrogen-bond donors (Lipinski definition) is 1. The van der Waals surface area contributed by atoms with Crippen molar-refractivity contribution < 1.29 is 19.2 Å². The fraction of sp³-hybridized carbons (Fsp3) is 0.250. The summed E-state index contributed by atoms with van der Waals surface area (Å²) in [6.07, 6.45) is 0. The Balaban J connectivity index is 2.11. The summed E-state index contributed by atoms with van der Waals surface area (Å²) in [6.45, 7) is 1.06. The summed E-state index contributed by atoms with van der Waals surface area (Å²) in [6, 6.07) is 12.4. The lowest BCUT2D eigenvalue weighted by Gasteiger charge is -2.12. The molecule has 2 rings (SSSR count). The van der Waals surface area contributed by atoms with Crippen LogP contribution in [0.15, 0.2) is 42.5 Å². The molecule has 0 saturated heterocycles. The van der Waals surface area contributed by atoms with Crippen LogP contribution in [0.5, 0.6) is 11.5 Å². The van der Waals surface area contributed by atoms with Crippen LogP contribution >= 0.6 is 0 Å².